The number of rotatable bonds is 2. The molecular formula is C3H4N4O. The van der Waals surface area contributed by atoms with E-state index in [1.807, 2.05) is 0 Å². The molecule has 0 bridgehead atoms. The van der Waals surface area contributed by atoms with Crippen LogP contribution >= 0.6 is 0 Å². The monoisotopic (exact) mass is 112 g/mol. The Balaban J connectivity index is 2.62. The number of anilines is 1. The van der Waals surface area contributed by atoms with E-state index >= 15 is 0 Å². The predicted molar refractivity (Wildman–Crippen MR) is 28.0 cm³/mol. The summed E-state index contributed by atoms with van der Waals surface area (Å²) in [5.74, 6) is 0.431. The zero-order valence-corrected chi connectivity index (χ0v) is 3.96. The van der Waals surface area contributed by atoms with Gasteiger partial charge in [-0.05, 0) is 0 Å². The molecule has 0 aromatic carbocycles. The Morgan fingerprint density at radius 1 is 1.88 bits per heavy atom. The van der Waals surface area contributed by atoms with E-state index in [0.717, 1.165) is 0 Å². The van der Waals surface area contributed by atoms with Crippen LogP contribution in [-0.4, -0.2) is 10.2 Å². The van der Waals surface area contributed by atoms with Gasteiger partial charge >= 0.3 is 0 Å². The van der Waals surface area contributed by atoms with E-state index < -0.39 is 0 Å². The highest BCUT2D eigenvalue weighted by molar-refractivity contribution is 5.29. The van der Waals surface area contributed by atoms with Crippen molar-refractivity contribution < 1.29 is 0 Å². The predicted octanol–water partition coefficient (Wildman–Crippen LogP) is 0.503. The Bertz CT molecular complexity index is 158. The number of hydrogen-bond donors (Lipinski definition) is 2. The van der Waals surface area contributed by atoms with Crippen LogP contribution in [0, 0.1) is 4.91 Å². The summed E-state index contributed by atoms with van der Waals surface area (Å²) in [7, 11) is 0. The maximum absolute atomic E-state index is 9.46. The van der Waals surface area contributed by atoms with E-state index in [2.05, 4.69) is 20.9 Å². The first-order chi connectivity index (χ1) is 3.93. The van der Waals surface area contributed by atoms with Gasteiger partial charge in [-0.25, -0.2) is 5.43 Å². The van der Waals surface area contributed by atoms with Crippen molar-refractivity contribution in [2.24, 2.45) is 5.29 Å². The molecule has 0 fully saturated rings. The number of nitrogens with zero attached hydrogens (tertiary/aromatic N) is 2. The summed E-state index contributed by atoms with van der Waals surface area (Å²) in [4.78, 5) is 9.46. The number of aromatic nitrogens is 2. The topological polar surface area (TPSA) is 70.1 Å². The van der Waals surface area contributed by atoms with Gasteiger partial charge in [0, 0.05) is 12.3 Å². The van der Waals surface area contributed by atoms with Crippen LogP contribution in [0.25, 0.3) is 0 Å². The Kier molecular flexibility index (Phi) is 1.23. The van der Waals surface area contributed by atoms with Crippen LogP contribution in [-0.2, 0) is 0 Å². The number of aromatic amines is 1. The molecule has 0 atom stereocenters. The molecule has 0 aliphatic heterocycles. The SMILES string of the molecule is O=NNc1cc[nH]n1. The van der Waals surface area contributed by atoms with Crippen molar-refractivity contribution in [2.45, 2.75) is 0 Å². The Morgan fingerprint density at radius 3 is 3.25 bits per heavy atom. The van der Waals surface area contributed by atoms with Crippen molar-refractivity contribution in [1.82, 2.24) is 10.2 Å². The lowest BCUT2D eigenvalue weighted by molar-refractivity contribution is 1.08. The van der Waals surface area contributed by atoms with Gasteiger partial charge in [-0.15, -0.1) is 4.91 Å². The first kappa shape index (κ1) is 4.76. The zero-order valence-electron chi connectivity index (χ0n) is 3.96. The van der Waals surface area contributed by atoms with Gasteiger partial charge in [-0.1, -0.05) is 0 Å². The normalized spacial score (nSPS) is 8.50. The Morgan fingerprint density at radius 2 is 2.75 bits per heavy atom. The molecule has 1 rings (SSSR count). The lowest BCUT2D eigenvalue weighted by atomic mass is 10.7. The molecule has 0 radical (unpaired) electrons. The second-order valence-corrected chi connectivity index (χ2v) is 1.16. The molecule has 2 N–H and O–H groups in total. The third kappa shape index (κ3) is 0.810. The Labute approximate surface area is 45.0 Å². The van der Waals surface area contributed by atoms with Crippen molar-refractivity contribution in [3.05, 3.63) is 17.2 Å². The molecule has 42 valence electrons. The molecule has 5 heteroatoms. The highest BCUT2D eigenvalue weighted by atomic mass is 16.3. The van der Waals surface area contributed by atoms with Gasteiger partial charge in [0.2, 0.25) is 0 Å². The van der Waals surface area contributed by atoms with Gasteiger partial charge in [0.15, 0.2) is 5.82 Å². The molecule has 1 aromatic heterocycles. The molecule has 0 amide bonds. The van der Waals surface area contributed by atoms with Crippen LogP contribution < -0.4 is 5.43 Å². The fourth-order valence-corrected chi connectivity index (χ4v) is 0.369. The van der Waals surface area contributed by atoms with E-state index in [0.29, 0.717) is 5.82 Å². The van der Waals surface area contributed by atoms with Gasteiger partial charge in [0.1, 0.15) is 0 Å². The summed E-state index contributed by atoms with van der Waals surface area (Å²) in [5, 5.41) is 8.47. The molecule has 0 saturated heterocycles. The highest BCUT2D eigenvalue weighted by Gasteiger charge is 1.86. The van der Waals surface area contributed by atoms with Crippen LogP contribution in [0.3, 0.4) is 0 Å². The van der Waals surface area contributed by atoms with Crippen LogP contribution in [0.15, 0.2) is 17.5 Å². The minimum Gasteiger partial charge on any atom is -0.284 e. The minimum atomic E-state index is 0.431. The third-order valence-corrected chi connectivity index (χ3v) is 0.661. The molecule has 5 nitrogen and oxygen atoms in total. The third-order valence-electron chi connectivity index (χ3n) is 0.661. The number of nitrogens with one attached hydrogen (secondary N) is 2. The largest absolute Gasteiger partial charge is 0.284 e. The van der Waals surface area contributed by atoms with E-state index in [1.165, 1.54) is 0 Å². The first-order valence-corrected chi connectivity index (χ1v) is 2.01. The van der Waals surface area contributed by atoms with Crippen molar-refractivity contribution in [3.8, 4) is 0 Å². The maximum atomic E-state index is 9.46. The van der Waals surface area contributed by atoms with Gasteiger partial charge in [-0.3, -0.25) is 5.10 Å². The Hall–Kier alpha value is -1.39. The standard InChI is InChI=1S/C3H4N4O/c8-7-6-3-1-2-4-5-3/h1-2H,(H2,4,5,6,8). The first-order valence-electron chi connectivity index (χ1n) is 2.01. The van der Waals surface area contributed by atoms with E-state index in [1.54, 1.807) is 12.3 Å². The average molecular weight is 112 g/mol. The molecule has 8 heavy (non-hydrogen) atoms. The molecule has 0 aliphatic carbocycles. The van der Waals surface area contributed by atoms with E-state index in [9.17, 15) is 4.91 Å². The van der Waals surface area contributed by atoms with Gasteiger partial charge in [0.25, 0.3) is 0 Å². The van der Waals surface area contributed by atoms with Gasteiger partial charge < -0.3 is 0 Å². The maximum Gasteiger partial charge on any atom is 0.170 e. The van der Waals surface area contributed by atoms with Crippen molar-refractivity contribution in [2.75, 3.05) is 5.43 Å². The van der Waals surface area contributed by atoms with Crippen LogP contribution in [0.5, 0.6) is 0 Å². The van der Waals surface area contributed by atoms with Crippen molar-refractivity contribution in [3.63, 3.8) is 0 Å². The molecular weight excluding hydrogens is 108 g/mol. The van der Waals surface area contributed by atoms with Crippen LogP contribution in [0.2, 0.25) is 0 Å². The molecule has 1 aromatic rings. The summed E-state index contributed by atoms with van der Waals surface area (Å²) in [6, 6.07) is 1.60. The summed E-state index contributed by atoms with van der Waals surface area (Å²) in [5.41, 5.74) is 2.11. The van der Waals surface area contributed by atoms with Crippen LogP contribution in [0.4, 0.5) is 5.82 Å². The second kappa shape index (κ2) is 2.06. The fourth-order valence-electron chi connectivity index (χ4n) is 0.369. The summed E-state index contributed by atoms with van der Waals surface area (Å²) in [6.07, 6.45) is 1.59. The summed E-state index contributed by atoms with van der Waals surface area (Å²) < 4.78 is 0. The fraction of sp³-hybridized carbons (Fsp3) is 0. The molecule has 0 unspecified atom stereocenters. The molecule has 1 heterocycles. The van der Waals surface area contributed by atoms with Gasteiger partial charge in [0.05, 0.1) is 5.29 Å². The minimum absolute atomic E-state index is 0.431. The number of nitroso groups, excluding NO2 is 1. The summed E-state index contributed by atoms with van der Waals surface area (Å²) >= 11 is 0. The summed E-state index contributed by atoms with van der Waals surface area (Å²) in [6.45, 7) is 0. The highest BCUT2D eigenvalue weighted by Crippen LogP contribution is 1.95. The van der Waals surface area contributed by atoms with Crippen molar-refractivity contribution in [1.29, 1.82) is 0 Å². The van der Waals surface area contributed by atoms with Crippen molar-refractivity contribution >= 4 is 5.82 Å². The lowest BCUT2D eigenvalue weighted by Crippen LogP contribution is -1.83. The smallest absolute Gasteiger partial charge is 0.170 e. The van der Waals surface area contributed by atoms with Crippen LogP contribution in [0.1, 0.15) is 0 Å². The zero-order chi connectivity index (χ0) is 5.82. The molecule has 0 saturated carbocycles. The number of hydrogen-bond acceptors (Lipinski definition) is 3. The second-order valence-electron chi connectivity index (χ2n) is 1.16. The van der Waals surface area contributed by atoms with E-state index in [4.69, 9.17) is 0 Å². The van der Waals surface area contributed by atoms with E-state index in [-0.39, 0.29) is 0 Å². The average Bonchev–Trinajstić information content (AvgIpc) is 2.19. The molecule has 0 spiro atoms. The van der Waals surface area contributed by atoms with Gasteiger partial charge in [-0.2, -0.15) is 5.10 Å². The lowest BCUT2D eigenvalue weighted by Gasteiger charge is -1.81. The number of H-pyrrole nitrogens is 1. The molecule has 0 aliphatic rings. The quantitative estimate of drug-likeness (QED) is 0.432.